The van der Waals surface area contributed by atoms with Crippen molar-refractivity contribution >= 4 is 39.2 Å². The highest BCUT2D eigenvalue weighted by Crippen LogP contribution is 2.40. The number of benzene rings is 2. The number of nitro groups is 1. The predicted molar refractivity (Wildman–Crippen MR) is 119 cm³/mol. The largest absolute Gasteiger partial charge is 0.376 e. The number of nitrogens with one attached hydrogen (secondary N) is 2. The van der Waals surface area contributed by atoms with Crippen LogP contribution in [-0.2, 0) is 0 Å². The highest BCUT2D eigenvalue weighted by Gasteiger charge is 2.24. The molecule has 0 saturated carbocycles. The van der Waals surface area contributed by atoms with E-state index in [4.69, 9.17) is 0 Å². The number of nitriles is 1. The molecule has 152 valence electrons. The molecule has 7 nitrogen and oxygen atoms in total. The number of carbonyl (C=O) groups excluding carboxylic acids is 1. The van der Waals surface area contributed by atoms with Crippen LogP contribution in [0.2, 0.25) is 0 Å². The van der Waals surface area contributed by atoms with E-state index in [0.717, 1.165) is 12.8 Å². The van der Waals surface area contributed by atoms with Gasteiger partial charge in [-0.05, 0) is 18.6 Å². The van der Waals surface area contributed by atoms with E-state index in [-0.39, 0.29) is 11.5 Å². The molecule has 1 heterocycles. The molecule has 0 atom stereocenters. The molecule has 2 N–H and O–H groups in total. The van der Waals surface area contributed by atoms with Crippen LogP contribution in [-0.4, -0.2) is 17.3 Å². The molecule has 8 heteroatoms. The molecule has 0 aliphatic rings. The van der Waals surface area contributed by atoms with Crippen LogP contribution in [0.1, 0.15) is 40.6 Å². The normalized spacial score (nSPS) is 10.3. The van der Waals surface area contributed by atoms with E-state index < -0.39 is 4.92 Å². The van der Waals surface area contributed by atoms with E-state index in [1.54, 1.807) is 36.4 Å². The second-order valence-corrected chi connectivity index (χ2v) is 7.55. The first-order valence-electron chi connectivity index (χ1n) is 9.47. The van der Waals surface area contributed by atoms with Crippen molar-refractivity contribution < 1.29 is 9.72 Å². The van der Waals surface area contributed by atoms with Crippen LogP contribution < -0.4 is 10.6 Å². The third kappa shape index (κ3) is 4.64. The highest BCUT2D eigenvalue weighted by atomic mass is 32.1. The van der Waals surface area contributed by atoms with E-state index in [0.29, 0.717) is 38.9 Å². The van der Waals surface area contributed by atoms with Gasteiger partial charge in [0.1, 0.15) is 21.5 Å². The fraction of sp³-hybridized carbons (Fsp3) is 0.182. The van der Waals surface area contributed by atoms with Crippen molar-refractivity contribution in [2.45, 2.75) is 19.8 Å². The van der Waals surface area contributed by atoms with Gasteiger partial charge in [0.25, 0.3) is 5.69 Å². The van der Waals surface area contributed by atoms with E-state index in [1.807, 2.05) is 6.07 Å². The monoisotopic (exact) mass is 420 g/mol. The Kier molecular flexibility index (Phi) is 6.78. The molecule has 1 aromatic heterocycles. The Hall–Kier alpha value is -3.70. The number of ketones is 1. The van der Waals surface area contributed by atoms with Crippen LogP contribution in [0.15, 0.2) is 54.6 Å². The molecule has 30 heavy (non-hydrogen) atoms. The van der Waals surface area contributed by atoms with Gasteiger partial charge in [-0.15, -0.1) is 11.3 Å². The number of rotatable bonds is 9. The summed E-state index contributed by atoms with van der Waals surface area (Å²) in [6.45, 7) is 2.77. The molecule has 0 spiro atoms. The maximum atomic E-state index is 13.2. The summed E-state index contributed by atoms with van der Waals surface area (Å²) in [4.78, 5) is 24.0. The smallest absolute Gasteiger partial charge is 0.269 e. The van der Waals surface area contributed by atoms with Crippen LogP contribution in [0.25, 0.3) is 0 Å². The first kappa shape index (κ1) is 21.0. The van der Waals surface area contributed by atoms with Gasteiger partial charge in [-0.1, -0.05) is 43.7 Å². The lowest BCUT2D eigenvalue weighted by molar-refractivity contribution is -0.384. The molecule has 3 rings (SSSR count). The van der Waals surface area contributed by atoms with Gasteiger partial charge in [-0.25, -0.2) is 0 Å². The van der Waals surface area contributed by atoms with Crippen molar-refractivity contribution in [3.63, 3.8) is 0 Å². The predicted octanol–water partition coefficient (Wildman–Crippen LogP) is 5.71. The van der Waals surface area contributed by atoms with Crippen molar-refractivity contribution in [3.8, 4) is 6.07 Å². The summed E-state index contributed by atoms with van der Waals surface area (Å²) in [5, 5.41) is 27.7. The third-order valence-electron chi connectivity index (χ3n) is 4.43. The Labute approximate surface area is 178 Å². The zero-order valence-electron chi connectivity index (χ0n) is 16.3. The minimum absolute atomic E-state index is 0.0334. The van der Waals surface area contributed by atoms with Crippen LogP contribution in [0.5, 0.6) is 0 Å². The van der Waals surface area contributed by atoms with Crippen LogP contribution in [0, 0.1) is 21.4 Å². The standard InChI is InChI=1S/C22H20N4O3S/c1-2-3-13-24-22-18(14-23)19(25-16-9-11-17(12-10-16)26(28)29)21(30-22)20(27)15-7-5-4-6-8-15/h4-12,24-25H,2-3,13H2,1H3. The molecule has 0 amide bonds. The first-order chi connectivity index (χ1) is 14.5. The van der Waals surface area contributed by atoms with Gasteiger partial charge in [0.2, 0.25) is 5.78 Å². The number of nitrogens with zero attached hydrogens (tertiary/aromatic N) is 2. The molecule has 0 saturated heterocycles. The van der Waals surface area contributed by atoms with Gasteiger partial charge in [0, 0.05) is 29.9 Å². The lowest BCUT2D eigenvalue weighted by Gasteiger charge is -2.08. The van der Waals surface area contributed by atoms with Crippen molar-refractivity contribution in [2.24, 2.45) is 0 Å². The first-order valence-corrected chi connectivity index (χ1v) is 10.3. The summed E-state index contributed by atoms with van der Waals surface area (Å²) in [6, 6.07) is 16.9. The molecule has 0 aliphatic heterocycles. The Bertz CT molecular complexity index is 1090. The Morgan fingerprint density at radius 2 is 1.87 bits per heavy atom. The molecule has 0 bridgehead atoms. The fourth-order valence-corrected chi connectivity index (χ4v) is 3.95. The van der Waals surface area contributed by atoms with Gasteiger partial charge in [0.05, 0.1) is 10.6 Å². The number of thiophene rings is 1. The van der Waals surface area contributed by atoms with Crippen molar-refractivity contribution in [1.29, 1.82) is 5.26 Å². The SMILES string of the molecule is CCCCNc1sc(C(=O)c2ccccc2)c(Nc2ccc([N+](=O)[O-])cc2)c1C#N. The number of anilines is 3. The molecular formula is C22H20N4O3S. The molecule has 0 aliphatic carbocycles. The highest BCUT2D eigenvalue weighted by molar-refractivity contribution is 7.19. The summed E-state index contributed by atoms with van der Waals surface area (Å²) >= 11 is 1.24. The van der Waals surface area contributed by atoms with Gasteiger partial charge in [0.15, 0.2) is 0 Å². The average Bonchev–Trinajstić information content (AvgIpc) is 3.11. The van der Waals surface area contributed by atoms with Gasteiger partial charge >= 0.3 is 0 Å². The molecular weight excluding hydrogens is 400 g/mol. The summed E-state index contributed by atoms with van der Waals surface area (Å²) in [6.07, 6.45) is 1.94. The average molecular weight is 420 g/mol. The van der Waals surface area contributed by atoms with Gasteiger partial charge in [-0.3, -0.25) is 14.9 Å². The number of unbranched alkanes of at least 4 members (excludes halogenated alkanes) is 1. The second kappa shape index (κ2) is 9.67. The quantitative estimate of drug-likeness (QED) is 0.198. The zero-order chi connectivity index (χ0) is 21.5. The van der Waals surface area contributed by atoms with Crippen molar-refractivity contribution in [3.05, 3.63) is 80.7 Å². The minimum atomic E-state index is -0.477. The van der Waals surface area contributed by atoms with E-state index in [1.165, 1.54) is 23.5 Å². The lowest BCUT2D eigenvalue weighted by Crippen LogP contribution is -2.03. The van der Waals surface area contributed by atoms with Gasteiger partial charge in [-0.2, -0.15) is 5.26 Å². The molecule has 2 aromatic carbocycles. The van der Waals surface area contributed by atoms with Crippen molar-refractivity contribution in [2.75, 3.05) is 17.2 Å². The second-order valence-electron chi connectivity index (χ2n) is 6.53. The van der Waals surface area contributed by atoms with Crippen molar-refractivity contribution in [1.82, 2.24) is 0 Å². The third-order valence-corrected chi connectivity index (χ3v) is 5.57. The lowest BCUT2D eigenvalue weighted by atomic mass is 10.1. The van der Waals surface area contributed by atoms with Crippen LogP contribution >= 0.6 is 11.3 Å². The van der Waals surface area contributed by atoms with Crippen LogP contribution in [0.4, 0.5) is 22.1 Å². The molecule has 0 fully saturated rings. The van der Waals surface area contributed by atoms with E-state index in [9.17, 15) is 20.2 Å². The number of non-ortho nitro benzene ring substituents is 1. The zero-order valence-corrected chi connectivity index (χ0v) is 17.2. The number of carbonyl (C=O) groups is 1. The van der Waals surface area contributed by atoms with E-state index >= 15 is 0 Å². The number of hydrogen-bond acceptors (Lipinski definition) is 7. The fourth-order valence-electron chi connectivity index (χ4n) is 2.85. The minimum Gasteiger partial charge on any atom is -0.376 e. The molecule has 0 radical (unpaired) electrons. The summed E-state index contributed by atoms with van der Waals surface area (Å²) in [5.74, 6) is -0.190. The van der Waals surface area contributed by atoms with E-state index in [2.05, 4.69) is 23.6 Å². The Balaban J connectivity index is 2.02. The maximum Gasteiger partial charge on any atom is 0.269 e. The summed E-state index contributed by atoms with van der Waals surface area (Å²) < 4.78 is 0. The summed E-state index contributed by atoms with van der Waals surface area (Å²) in [7, 11) is 0. The topological polar surface area (TPSA) is 108 Å². The Morgan fingerprint density at radius 1 is 1.17 bits per heavy atom. The Morgan fingerprint density at radius 3 is 2.47 bits per heavy atom. The molecule has 3 aromatic rings. The van der Waals surface area contributed by atoms with Crippen LogP contribution in [0.3, 0.4) is 0 Å². The summed E-state index contributed by atoms with van der Waals surface area (Å²) in [5.41, 5.74) is 1.80. The maximum absolute atomic E-state index is 13.2. The molecule has 0 unspecified atom stereocenters. The van der Waals surface area contributed by atoms with Gasteiger partial charge < -0.3 is 10.6 Å². The number of hydrogen-bond donors (Lipinski definition) is 2. The number of nitro benzene ring substituents is 1.